The Morgan fingerprint density at radius 3 is 2.45 bits per heavy atom. The van der Waals surface area contributed by atoms with Crippen molar-refractivity contribution in [2.75, 3.05) is 30.7 Å². The molecule has 3 aromatic carbocycles. The maximum atomic E-state index is 13.8. The number of carbonyl (C=O) groups excluding carboxylic acids is 3. The zero-order valence-corrected chi connectivity index (χ0v) is 22.7. The summed E-state index contributed by atoms with van der Waals surface area (Å²) in [6.07, 6.45) is -0.132. The van der Waals surface area contributed by atoms with Gasteiger partial charge in [0.15, 0.2) is 16.6 Å². The van der Waals surface area contributed by atoms with Crippen LogP contribution in [0, 0.1) is 0 Å². The Bertz CT molecular complexity index is 1440. The van der Waals surface area contributed by atoms with Gasteiger partial charge in [0.05, 0.1) is 31.4 Å². The van der Waals surface area contributed by atoms with Crippen molar-refractivity contribution in [3.8, 4) is 17.2 Å². The lowest BCUT2D eigenvalue weighted by atomic mass is 10.1. The van der Waals surface area contributed by atoms with E-state index in [1.165, 1.54) is 4.90 Å². The molecule has 5 rings (SSSR count). The fraction of sp³-hybridized carbons (Fsp3) is 0.241. The van der Waals surface area contributed by atoms with Gasteiger partial charge < -0.3 is 29.2 Å². The molecule has 0 spiro atoms. The van der Waals surface area contributed by atoms with Crippen LogP contribution in [0.1, 0.15) is 29.3 Å². The van der Waals surface area contributed by atoms with Crippen LogP contribution >= 0.6 is 12.2 Å². The highest BCUT2D eigenvalue weighted by atomic mass is 32.1. The maximum Gasteiger partial charge on any atom is 0.338 e. The Morgan fingerprint density at radius 2 is 1.75 bits per heavy atom. The van der Waals surface area contributed by atoms with Gasteiger partial charge in [-0.2, -0.15) is 0 Å². The molecule has 11 heteroatoms. The standard InChI is InChI=1S/C29H27N3O7S/c1-3-37-28(35)19-5-9-21(10-6-19)32-27(34)23(15-26(33)30-20-7-11-22(36-2)12-8-20)31(29(32)40)16-18-4-13-24-25(14-18)39-17-38-24/h4-14,23H,3,15-17H2,1-2H3,(H,30,33). The summed E-state index contributed by atoms with van der Waals surface area (Å²) in [6, 6.07) is 18.0. The number of nitrogens with one attached hydrogen (secondary N) is 1. The number of amides is 2. The number of esters is 1. The summed E-state index contributed by atoms with van der Waals surface area (Å²) in [7, 11) is 1.56. The molecule has 206 valence electrons. The molecule has 1 N–H and O–H groups in total. The van der Waals surface area contributed by atoms with E-state index in [2.05, 4.69) is 5.32 Å². The molecule has 0 saturated carbocycles. The van der Waals surface area contributed by atoms with E-state index in [1.54, 1.807) is 73.5 Å². The van der Waals surface area contributed by atoms with Gasteiger partial charge in [0, 0.05) is 12.2 Å². The summed E-state index contributed by atoms with van der Waals surface area (Å²) in [6.45, 7) is 2.39. The lowest BCUT2D eigenvalue weighted by Gasteiger charge is -2.24. The zero-order valence-electron chi connectivity index (χ0n) is 21.9. The molecule has 1 atom stereocenters. The number of thiocarbonyl (C=S) groups is 1. The largest absolute Gasteiger partial charge is 0.497 e. The van der Waals surface area contributed by atoms with Gasteiger partial charge in [0.1, 0.15) is 11.8 Å². The molecule has 1 fully saturated rings. The molecule has 1 saturated heterocycles. The molecule has 2 aliphatic rings. The van der Waals surface area contributed by atoms with Crippen molar-refractivity contribution < 1.29 is 33.3 Å². The number of hydrogen-bond donors (Lipinski definition) is 1. The first-order valence-electron chi connectivity index (χ1n) is 12.6. The van der Waals surface area contributed by atoms with Gasteiger partial charge in [0.2, 0.25) is 12.7 Å². The third-order valence-electron chi connectivity index (χ3n) is 6.50. The molecular weight excluding hydrogens is 534 g/mol. The van der Waals surface area contributed by atoms with Gasteiger partial charge in [0.25, 0.3) is 5.91 Å². The number of anilines is 2. The summed E-state index contributed by atoms with van der Waals surface area (Å²) in [5.41, 5.74) is 2.25. The van der Waals surface area contributed by atoms with E-state index in [4.69, 9.17) is 31.2 Å². The van der Waals surface area contributed by atoms with Crippen LogP contribution in [-0.2, 0) is 20.9 Å². The third-order valence-corrected chi connectivity index (χ3v) is 6.91. The molecule has 0 bridgehead atoms. The first kappa shape index (κ1) is 26.9. The smallest absolute Gasteiger partial charge is 0.338 e. The van der Waals surface area contributed by atoms with E-state index in [9.17, 15) is 14.4 Å². The van der Waals surface area contributed by atoms with Crippen molar-refractivity contribution in [2.24, 2.45) is 0 Å². The molecular formula is C29H27N3O7S. The van der Waals surface area contributed by atoms with E-state index in [0.29, 0.717) is 34.2 Å². The second kappa shape index (κ2) is 11.6. The van der Waals surface area contributed by atoms with E-state index in [0.717, 1.165) is 5.56 Å². The van der Waals surface area contributed by atoms with Crippen molar-refractivity contribution in [3.05, 3.63) is 77.9 Å². The predicted octanol–water partition coefficient (Wildman–Crippen LogP) is 4.13. The summed E-state index contributed by atoms with van der Waals surface area (Å²) in [5, 5.41) is 3.08. The number of nitrogens with zero attached hydrogens (tertiary/aromatic N) is 2. The number of methoxy groups -OCH3 is 1. The van der Waals surface area contributed by atoms with Crippen LogP contribution in [0.25, 0.3) is 0 Å². The van der Waals surface area contributed by atoms with Crippen molar-refractivity contribution in [3.63, 3.8) is 0 Å². The summed E-state index contributed by atoms with van der Waals surface area (Å²) >= 11 is 5.77. The number of rotatable bonds is 9. The molecule has 2 amide bonds. The topological polar surface area (TPSA) is 107 Å². The van der Waals surface area contributed by atoms with Crippen molar-refractivity contribution in [2.45, 2.75) is 25.9 Å². The Morgan fingerprint density at radius 1 is 1.02 bits per heavy atom. The fourth-order valence-electron chi connectivity index (χ4n) is 4.51. The summed E-state index contributed by atoms with van der Waals surface area (Å²) in [5.74, 6) is 0.758. The van der Waals surface area contributed by atoms with E-state index >= 15 is 0 Å². The Hall–Kier alpha value is -4.64. The molecule has 2 aliphatic heterocycles. The average molecular weight is 562 g/mol. The SMILES string of the molecule is CCOC(=O)c1ccc(N2C(=O)C(CC(=O)Nc3ccc(OC)cc3)N(Cc3ccc4c(c3)OCO4)C2=S)cc1. The Kier molecular flexibility index (Phi) is 7.83. The van der Waals surface area contributed by atoms with Crippen molar-refractivity contribution in [1.29, 1.82) is 0 Å². The minimum Gasteiger partial charge on any atom is -0.497 e. The second-order valence-electron chi connectivity index (χ2n) is 9.04. The van der Waals surface area contributed by atoms with E-state index in [-0.39, 0.29) is 43.3 Å². The summed E-state index contributed by atoms with van der Waals surface area (Å²) in [4.78, 5) is 42.1. The van der Waals surface area contributed by atoms with Gasteiger partial charge in [-0.3, -0.25) is 14.5 Å². The highest BCUT2D eigenvalue weighted by Gasteiger charge is 2.44. The van der Waals surface area contributed by atoms with Crippen LogP contribution in [0.5, 0.6) is 17.2 Å². The molecule has 0 aromatic heterocycles. The van der Waals surface area contributed by atoms with Crippen molar-refractivity contribution >= 4 is 46.5 Å². The van der Waals surface area contributed by atoms with Crippen LogP contribution in [0.4, 0.5) is 11.4 Å². The number of benzene rings is 3. The quantitative estimate of drug-likeness (QED) is 0.305. The molecule has 40 heavy (non-hydrogen) atoms. The molecule has 2 heterocycles. The van der Waals surface area contributed by atoms with E-state index < -0.39 is 12.0 Å². The van der Waals surface area contributed by atoms with Gasteiger partial charge in [-0.15, -0.1) is 0 Å². The number of ether oxygens (including phenoxy) is 4. The molecule has 10 nitrogen and oxygen atoms in total. The van der Waals surface area contributed by atoms with Crippen LogP contribution in [-0.4, -0.2) is 54.3 Å². The average Bonchev–Trinajstić information content (AvgIpc) is 3.51. The number of carbonyl (C=O) groups is 3. The third kappa shape index (κ3) is 5.55. The molecule has 0 radical (unpaired) electrons. The second-order valence-corrected chi connectivity index (χ2v) is 9.40. The van der Waals surface area contributed by atoms with Crippen LogP contribution in [0.2, 0.25) is 0 Å². The Labute approximate surface area is 236 Å². The van der Waals surface area contributed by atoms with E-state index in [1.807, 2.05) is 12.1 Å². The monoisotopic (exact) mass is 561 g/mol. The zero-order chi connectivity index (χ0) is 28.2. The minimum atomic E-state index is -0.860. The summed E-state index contributed by atoms with van der Waals surface area (Å²) < 4.78 is 21.1. The number of hydrogen-bond acceptors (Lipinski definition) is 8. The van der Waals surface area contributed by atoms with Crippen LogP contribution < -0.4 is 24.4 Å². The van der Waals surface area contributed by atoms with Gasteiger partial charge >= 0.3 is 5.97 Å². The molecule has 0 aliphatic carbocycles. The number of fused-ring (bicyclic) bond motifs is 1. The maximum absolute atomic E-state index is 13.8. The lowest BCUT2D eigenvalue weighted by Crippen LogP contribution is -2.37. The lowest BCUT2D eigenvalue weighted by molar-refractivity contribution is -0.124. The van der Waals surface area contributed by atoms with Gasteiger partial charge in [-0.1, -0.05) is 6.07 Å². The first-order chi connectivity index (χ1) is 19.4. The van der Waals surface area contributed by atoms with Crippen molar-refractivity contribution in [1.82, 2.24) is 4.90 Å². The van der Waals surface area contributed by atoms with Crippen LogP contribution in [0.15, 0.2) is 66.7 Å². The van der Waals surface area contributed by atoms with Crippen LogP contribution in [0.3, 0.4) is 0 Å². The molecule has 3 aromatic rings. The highest BCUT2D eigenvalue weighted by Crippen LogP contribution is 2.35. The normalized spacial score (nSPS) is 15.8. The first-order valence-corrected chi connectivity index (χ1v) is 13.0. The molecule has 1 unspecified atom stereocenters. The highest BCUT2D eigenvalue weighted by molar-refractivity contribution is 7.80. The minimum absolute atomic E-state index is 0.132. The van der Waals surface area contributed by atoms with Gasteiger partial charge in [-0.05, 0) is 85.4 Å². The predicted molar refractivity (Wildman–Crippen MR) is 151 cm³/mol. The fourth-order valence-corrected chi connectivity index (χ4v) is 4.90. The van der Waals surface area contributed by atoms with Gasteiger partial charge in [-0.25, -0.2) is 4.79 Å². The Balaban J connectivity index is 1.39.